The molecule has 0 aliphatic rings. The standard InChI is InChI=1S/C11H17NO3/c1-8-5-9(12)3-4-11(8)15-7-10(13)6-14-2/h3-5,10,13H,6-7,12H2,1-2H3. The highest BCUT2D eigenvalue weighted by molar-refractivity contribution is 5.47. The molecule has 1 aromatic rings. The van der Waals surface area contributed by atoms with Crippen molar-refractivity contribution in [3.63, 3.8) is 0 Å². The number of benzene rings is 1. The Balaban J connectivity index is 2.50. The van der Waals surface area contributed by atoms with Crippen LogP contribution < -0.4 is 10.5 Å². The number of hydrogen-bond donors (Lipinski definition) is 2. The van der Waals surface area contributed by atoms with Crippen LogP contribution in [0.2, 0.25) is 0 Å². The summed E-state index contributed by atoms with van der Waals surface area (Å²) in [6, 6.07) is 5.40. The van der Waals surface area contributed by atoms with Crippen molar-refractivity contribution >= 4 is 5.69 Å². The van der Waals surface area contributed by atoms with Crippen LogP contribution in [0.3, 0.4) is 0 Å². The lowest BCUT2D eigenvalue weighted by Gasteiger charge is -2.13. The van der Waals surface area contributed by atoms with Crippen LogP contribution in [-0.4, -0.2) is 31.5 Å². The van der Waals surface area contributed by atoms with Crippen molar-refractivity contribution in [2.24, 2.45) is 0 Å². The van der Waals surface area contributed by atoms with E-state index in [0.29, 0.717) is 5.69 Å². The summed E-state index contributed by atoms with van der Waals surface area (Å²) in [5, 5.41) is 9.38. The van der Waals surface area contributed by atoms with E-state index in [0.717, 1.165) is 11.3 Å². The minimum Gasteiger partial charge on any atom is -0.491 e. The van der Waals surface area contributed by atoms with Crippen LogP contribution in [-0.2, 0) is 4.74 Å². The number of anilines is 1. The Hall–Kier alpha value is -1.26. The predicted molar refractivity (Wildman–Crippen MR) is 59.0 cm³/mol. The van der Waals surface area contributed by atoms with Gasteiger partial charge < -0.3 is 20.3 Å². The fourth-order valence-electron chi connectivity index (χ4n) is 1.26. The Morgan fingerprint density at radius 1 is 1.40 bits per heavy atom. The van der Waals surface area contributed by atoms with Crippen LogP contribution in [0.25, 0.3) is 0 Å². The van der Waals surface area contributed by atoms with Crippen LogP contribution >= 0.6 is 0 Å². The molecule has 0 saturated carbocycles. The first-order valence-corrected chi connectivity index (χ1v) is 4.79. The van der Waals surface area contributed by atoms with Crippen molar-refractivity contribution in [3.05, 3.63) is 23.8 Å². The molecule has 1 unspecified atom stereocenters. The lowest BCUT2D eigenvalue weighted by atomic mass is 10.2. The highest BCUT2D eigenvalue weighted by atomic mass is 16.5. The topological polar surface area (TPSA) is 64.7 Å². The number of nitrogens with two attached hydrogens (primary N) is 1. The van der Waals surface area contributed by atoms with Crippen molar-refractivity contribution in [2.45, 2.75) is 13.0 Å². The van der Waals surface area contributed by atoms with E-state index in [1.165, 1.54) is 7.11 Å². The maximum Gasteiger partial charge on any atom is 0.122 e. The van der Waals surface area contributed by atoms with Crippen molar-refractivity contribution in [2.75, 3.05) is 26.1 Å². The number of nitrogen functional groups attached to an aromatic ring is 1. The zero-order valence-corrected chi connectivity index (χ0v) is 9.06. The lowest BCUT2D eigenvalue weighted by Crippen LogP contribution is -2.22. The number of rotatable bonds is 5. The average Bonchev–Trinajstić information content (AvgIpc) is 2.17. The van der Waals surface area contributed by atoms with E-state index < -0.39 is 6.10 Å². The fourth-order valence-corrected chi connectivity index (χ4v) is 1.26. The van der Waals surface area contributed by atoms with Gasteiger partial charge in [0, 0.05) is 12.8 Å². The number of aliphatic hydroxyl groups excluding tert-OH is 1. The van der Waals surface area contributed by atoms with E-state index in [2.05, 4.69) is 0 Å². The monoisotopic (exact) mass is 211 g/mol. The molecule has 0 amide bonds. The molecule has 1 aromatic carbocycles. The molecule has 0 aliphatic heterocycles. The zero-order chi connectivity index (χ0) is 11.3. The molecular formula is C11H17NO3. The summed E-state index contributed by atoms with van der Waals surface area (Å²) in [5.41, 5.74) is 7.27. The molecule has 4 heteroatoms. The minimum atomic E-state index is -0.605. The number of methoxy groups -OCH3 is 1. The third-order valence-corrected chi connectivity index (χ3v) is 1.99. The molecule has 0 aliphatic carbocycles. The van der Waals surface area contributed by atoms with Gasteiger partial charge in [0.2, 0.25) is 0 Å². The summed E-state index contributed by atoms with van der Waals surface area (Å²) >= 11 is 0. The van der Waals surface area contributed by atoms with E-state index in [-0.39, 0.29) is 13.2 Å². The van der Waals surface area contributed by atoms with Gasteiger partial charge in [0.15, 0.2) is 0 Å². The first kappa shape index (κ1) is 11.8. The molecule has 0 radical (unpaired) electrons. The molecule has 15 heavy (non-hydrogen) atoms. The zero-order valence-electron chi connectivity index (χ0n) is 9.06. The summed E-state index contributed by atoms with van der Waals surface area (Å²) in [6.45, 7) is 2.40. The second-order valence-electron chi connectivity index (χ2n) is 3.45. The normalized spacial score (nSPS) is 12.5. The lowest BCUT2D eigenvalue weighted by molar-refractivity contribution is 0.0324. The van der Waals surface area contributed by atoms with Crippen LogP contribution in [0.1, 0.15) is 5.56 Å². The minimum absolute atomic E-state index is 0.221. The molecule has 0 saturated heterocycles. The molecule has 0 heterocycles. The van der Waals surface area contributed by atoms with Gasteiger partial charge >= 0.3 is 0 Å². The van der Waals surface area contributed by atoms with Crippen molar-refractivity contribution in [1.29, 1.82) is 0 Å². The van der Waals surface area contributed by atoms with Gasteiger partial charge in [-0.05, 0) is 30.7 Å². The van der Waals surface area contributed by atoms with Gasteiger partial charge in [-0.2, -0.15) is 0 Å². The molecule has 0 aromatic heterocycles. The summed E-state index contributed by atoms with van der Waals surface area (Å²) in [6.07, 6.45) is -0.605. The highest BCUT2D eigenvalue weighted by Gasteiger charge is 2.05. The molecular weight excluding hydrogens is 194 g/mol. The average molecular weight is 211 g/mol. The van der Waals surface area contributed by atoms with Gasteiger partial charge in [-0.15, -0.1) is 0 Å². The van der Waals surface area contributed by atoms with Crippen LogP contribution in [0.4, 0.5) is 5.69 Å². The van der Waals surface area contributed by atoms with E-state index in [1.54, 1.807) is 12.1 Å². The maximum atomic E-state index is 9.38. The number of hydrogen-bond acceptors (Lipinski definition) is 4. The number of aryl methyl sites for hydroxylation is 1. The summed E-state index contributed by atoms with van der Waals surface area (Å²) in [4.78, 5) is 0. The quantitative estimate of drug-likeness (QED) is 0.712. The van der Waals surface area contributed by atoms with Crippen molar-refractivity contribution in [1.82, 2.24) is 0 Å². The first-order valence-electron chi connectivity index (χ1n) is 4.79. The smallest absolute Gasteiger partial charge is 0.122 e. The first-order chi connectivity index (χ1) is 7.13. The largest absolute Gasteiger partial charge is 0.491 e. The highest BCUT2D eigenvalue weighted by Crippen LogP contribution is 2.20. The predicted octanol–water partition coefficient (Wildman–Crippen LogP) is 0.963. The van der Waals surface area contributed by atoms with Gasteiger partial charge in [-0.1, -0.05) is 0 Å². The van der Waals surface area contributed by atoms with Crippen LogP contribution in [0.5, 0.6) is 5.75 Å². The van der Waals surface area contributed by atoms with Gasteiger partial charge in [0.25, 0.3) is 0 Å². The van der Waals surface area contributed by atoms with E-state index >= 15 is 0 Å². The van der Waals surface area contributed by atoms with E-state index in [9.17, 15) is 5.11 Å². The summed E-state index contributed by atoms with van der Waals surface area (Å²) in [5.74, 6) is 0.736. The molecule has 1 atom stereocenters. The molecule has 0 bridgehead atoms. The Kier molecular flexibility index (Phi) is 4.39. The van der Waals surface area contributed by atoms with E-state index in [4.69, 9.17) is 15.2 Å². The van der Waals surface area contributed by atoms with Crippen molar-refractivity contribution in [3.8, 4) is 5.75 Å². The molecule has 1 rings (SSSR count). The Labute approximate surface area is 89.6 Å². The third-order valence-electron chi connectivity index (χ3n) is 1.99. The molecule has 0 spiro atoms. The van der Waals surface area contributed by atoms with Crippen LogP contribution in [0, 0.1) is 6.92 Å². The molecule has 84 valence electrons. The second-order valence-corrected chi connectivity index (χ2v) is 3.45. The Morgan fingerprint density at radius 2 is 2.13 bits per heavy atom. The van der Waals surface area contributed by atoms with Gasteiger partial charge in [-0.3, -0.25) is 0 Å². The van der Waals surface area contributed by atoms with Gasteiger partial charge in [0.1, 0.15) is 18.5 Å². The van der Waals surface area contributed by atoms with Crippen LogP contribution in [0.15, 0.2) is 18.2 Å². The Bertz CT molecular complexity index is 315. The molecule has 0 fully saturated rings. The summed E-state index contributed by atoms with van der Waals surface area (Å²) in [7, 11) is 1.54. The van der Waals surface area contributed by atoms with Crippen molar-refractivity contribution < 1.29 is 14.6 Å². The Morgan fingerprint density at radius 3 is 2.73 bits per heavy atom. The second kappa shape index (κ2) is 5.58. The third kappa shape index (κ3) is 3.77. The summed E-state index contributed by atoms with van der Waals surface area (Å²) < 4.78 is 10.2. The van der Waals surface area contributed by atoms with Gasteiger partial charge in [-0.25, -0.2) is 0 Å². The number of aliphatic hydroxyl groups is 1. The SMILES string of the molecule is COCC(O)COc1ccc(N)cc1C. The maximum absolute atomic E-state index is 9.38. The van der Waals surface area contributed by atoms with E-state index in [1.807, 2.05) is 13.0 Å². The fraction of sp³-hybridized carbons (Fsp3) is 0.455. The number of ether oxygens (including phenoxy) is 2. The molecule has 4 nitrogen and oxygen atoms in total. The van der Waals surface area contributed by atoms with Gasteiger partial charge in [0.05, 0.1) is 6.61 Å². The molecule has 3 N–H and O–H groups in total.